The number of fused-ring (bicyclic) bond motifs is 3. The SMILES string of the molecule is Cc1c(C)c2cc(Cl)c3c(c2oc1=O)CN([C@H](C)c1ccccc1)CO3. The van der Waals surface area contributed by atoms with Gasteiger partial charge >= 0.3 is 5.63 Å². The van der Waals surface area contributed by atoms with Crippen molar-refractivity contribution in [3.05, 3.63) is 74.1 Å². The molecule has 0 spiro atoms. The Kier molecular flexibility index (Phi) is 4.25. The smallest absolute Gasteiger partial charge is 0.339 e. The first-order valence-electron chi connectivity index (χ1n) is 8.64. The van der Waals surface area contributed by atoms with Crippen LogP contribution in [0.4, 0.5) is 0 Å². The zero-order valence-corrected chi connectivity index (χ0v) is 15.8. The van der Waals surface area contributed by atoms with Crippen LogP contribution in [0.1, 0.15) is 35.2 Å². The van der Waals surface area contributed by atoms with Crippen molar-refractivity contribution in [3.8, 4) is 5.75 Å². The summed E-state index contributed by atoms with van der Waals surface area (Å²) in [6, 6.07) is 12.3. The Bertz CT molecular complexity index is 1040. The molecule has 0 fully saturated rings. The first-order chi connectivity index (χ1) is 12.5. The van der Waals surface area contributed by atoms with E-state index < -0.39 is 0 Å². The maximum Gasteiger partial charge on any atom is 0.339 e. The van der Waals surface area contributed by atoms with Crippen LogP contribution < -0.4 is 10.4 Å². The number of hydrogen-bond donors (Lipinski definition) is 0. The van der Waals surface area contributed by atoms with Crippen molar-refractivity contribution >= 4 is 22.6 Å². The van der Waals surface area contributed by atoms with Crippen molar-refractivity contribution in [3.63, 3.8) is 0 Å². The van der Waals surface area contributed by atoms with Crippen molar-refractivity contribution in [2.75, 3.05) is 6.73 Å². The molecule has 0 bridgehead atoms. The topological polar surface area (TPSA) is 42.7 Å². The van der Waals surface area contributed by atoms with Gasteiger partial charge in [-0.1, -0.05) is 41.9 Å². The molecular formula is C21H20ClNO3. The van der Waals surface area contributed by atoms with Gasteiger partial charge in [0.1, 0.15) is 18.1 Å². The highest BCUT2D eigenvalue weighted by Gasteiger charge is 2.28. The van der Waals surface area contributed by atoms with Gasteiger partial charge in [0.25, 0.3) is 0 Å². The molecule has 1 atom stereocenters. The van der Waals surface area contributed by atoms with Crippen molar-refractivity contribution in [2.24, 2.45) is 0 Å². The Balaban J connectivity index is 1.83. The normalized spacial score (nSPS) is 15.5. The quantitative estimate of drug-likeness (QED) is 0.598. The highest BCUT2D eigenvalue weighted by atomic mass is 35.5. The molecule has 0 saturated carbocycles. The molecule has 0 N–H and O–H groups in total. The van der Waals surface area contributed by atoms with E-state index in [1.165, 1.54) is 5.56 Å². The number of rotatable bonds is 2. The van der Waals surface area contributed by atoms with Gasteiger partial charge in [-0.2, -0.15) is 0 Å². The largest absolute Gasteiger partial charge is 0.476 e. The summed E-state index contributed by atoms with van der Waals surface area (Å²) in [6.07, 6.45) is 0. The number of benzene rings is 2. The third kappa shape index (κ3) is 2.70. The van der Waals surface area contributed by atoms with E-state index in [0.717, 1.165) is 16.5 Å². The van der Waals surface area contributed by atoms with E-state index in [1.807, 2.05) is 31.2 Å². The standard InChI is InChI=1S/C21H20ClNO3/c1-12-13(2)21(24)26-19-16(12)9-18(22)20-17(19)10-23(11-25-20)14(3)15-7-5-4-6-8-15/h4-9,14H,10-11H2,1-3H3/t14-/m1/s1. The minimum Gasteiger partial charge on any atom is -0.476 e. The third-order valence-corrected chi connectivity index (χ3v) is 5.59. The number of ether oxygens (including phenoxy) is 1. The molecule has 26 heavy (non-hydrogen) atoms. The third-order valence-electron chi connectivity index (χ3n) is 5.31. The second-order valence-corrected chi connectivity index (χ2v) is 7.20. The zero-order chi connectivity index (χ0) is 18.4. The lowest BCUT2D eigenvalue weighted by Gasteiger charge is -2.34. The maximum absolute atomic E-state index is 12.2. The van der Waals surface area contributed by atoms with Gasteiger partial charge in [-0.05, 0) is 38.0 Å². The molecule has 4 rings (SSSR count). The Morgan fingerprint density at radius 3 is 2.62 bits per heavy atom. The fraction of sp³-hybridized carbons (Fsp3) is 0.286. The second-order valence-electron chi connectivity index (χ2n) is 6.79. The number of hydrogen-bond acceptors (Lipinski definition) is 4. The van der Waals surface area contributed by atoms with E-state index in [1.54, 1.807) is 6.92 Å². The van der Waals surface area contributed by atoms with Crippen molar-refractivity contribution in [2.45, 2.75) is 33.4 Å². The molecule has 0 radical (unpaired) electrons. The fourth-order valence-corrected chi connectivity index (χ4v) is 3.75. The average molecular weight is 370 g/mol. The van der Waals surface area contributed by atoms with Gasteiger partial charge in [0, 0.05) is 23.5 Å². The number of aryl methyl sites for hydroxylation is 1. The molecule has 4 nitrogen and oxygen atoms in total. The second kappa shape index (κ2) is 6.45. The van der Waals surface area contributed by atoms with Crippen molar-refractivity contribution in [1.82, 2.24) is 4.90 Å². The van der Waals surface area contributed by atoms with Crippen LogP contribution in [0, 0.1) is 13.8 Å². The molecule has 1 aliphatic heterocycles. The summed E-state index contributed by atoms with van der Waals surface area (Å²) >= 11 is 6.47. The minimum absolute atomic E-state index is 0.164. The van der Waals surface area contributed by atoms with E-state index >= 15 is 0 Å². The Morgan fingerprint density at radius 1 is 1.15 bits per heavy atom. The molecule has 1 aliphatic rings. The Morgan fingerprint density at radius 2 is 1.88 bits per heavy atom. The molecule has 1 aromatic heterocycles. The van der Waals surface area contributed by atoms with Gasteiger partial charge in [-0.3, -0.25) is 4.90 Å². The molecule has 2 aromatic carbocycles. The summed E-state index contributed by atoms with van der Waals surface area (Å²) in [5, 5.41) is 1.42. The molecule has 0 unspecified atom stereocenters. The van der Waals surface area contributed by atoms with Gasteiger partial charge in [0.15, 0.2) is 0 Å². The summed E-state index contributed by atoms with van der Waals surface area (Å²) in [5.74, 6) is 0.613. The molecular weight excluding hydrogens is 350 g/mol. The van der Waals surface area contributed by atoms with Crippen LogP contribution in [0.25, 0.3) is 11.0 Å². The van der Waals surface area contributed by atoms with E-state index in [9.17, 15) is 4.79 Å². The van der Waals surface area contributed by atoms with Gasteiger partial charge in [0.05, 0.1) is 10.6 Å². The van der Waals surface area contributed by atoms with Gasteiger partial charge in [-0.15, -0.1) is 0 Å². The molecule has 0 amide bonds. The van der Waals surface area contributed by atoms with Gasteiger partial charge < -0.3 is 9.15 Å². The first-order valence-corrected chi connectivity index (χ1v) is 9.02. The summed E-state index contributed by atoms with van der Waals surface area (Å²) in [6.45, 7) is 6.87. The lowest BCUT2D eigenvalue weighted by Crippen LogP contribution is -2.34. The van der Waals surface area contributed by atoms with Crippen LogP contribution in [0.2, 0.25) is 5.02 Å². The van der Waals surface area contributed by atoms with E-state index in [4.69, 9.17) is 20.8 Å². The predicted molar refractivity (Wildman–Crippen MR) is 103 cm³/mol. The highest BCUT2D eigenvalue weighted by molar-refractivity contribution is 6.33. The first kappa shape index (κ1) is 17.1. The van der Waals surface area contributed by atoms with Crippen molar-refractivity contribution in [1.29, 1.82) is 0 Å². The van der Waals surface area contributed by atoms with E-state index in [2.05, 4.69) is 24.0 Å². The highest BCUT2D eigenvalue weighted by Crippen LogP contribution is 2.41. The predicted octanol–water partition coefficient (Wildman–Crippen LogP) is 4.98. The Hall–Kier alpha value is -2.30. The molecule has 2 heterocycles. The van der Waals surface area contributed by atoms with Crippen LogP contribution in [-0.2, 0) is 6.54 Å². The molecule has 3 aromatic rings. The summed E-state index contributed by atoms with van der Waals surface area (Å²) in [4.78, 5) is 14.4. The van der Waals surface area contributed by atoms with Crippen LogP contribution >= 0.6 is 11.6 Å². The lowest BCUT2D eigenvalue weighted by molar-refractivity contribution is 0.0621. The van der Waals surface area contributed by atoms with Crippen LogP contribution in [0.3, 0.4) is 0 Å². The number of halogens is 1. The average Bonchev–Trinajstić information content (AvgIpc) is 2.67. The molecule has 0 aliphatic carbocycles. The van der Waals surface area contributed by atoms with Crippen LogP contribution in [0.15, 0.2) is 45.6 Å². The van der Waals surface area contributed by atoms with Crippen molar-refractivity contribution < 1.29 is 9.15 Å². The molecule has 5 heteroatoms. The van der Waals surface area contributed by atoms with Gasteiger partial charge in [0.2, 0.25) is 0 Å². The summed E-state index contributed by atoms with van der Waals surface area (Å²) in [7, 11) is 0. The van der Waals surface area contributed by atoms with Crippen LogP contribution in [0.5, 0.6) is 5.75 Å². The molecule has 134 valence electrons. The fourth-order valence-electron chi connectivity index (χ4n) is 3.47. The maximum atomic E-state index is 12.2. The van der Waals surface area contributed by atoms with E-state index in [-0.39, 0.29) is 11.7 Å². The van der Waals surface area contributed by atoms with Gasteiger partial charge in [-0.25, -0.2) is 4.79 Å². The summed E-state index contributed by atoms with van der Waals surface area (Å²) in [5.41, 5.74) is 3.81. The van der Waals surface area contributed by atoms with Crippen LogP contribution in [-0.4, -0.2) is 11.6 Å². The Labute approximate surface area is 156 Å². The number of nitrogens with zero attached hydrogens (tertiary/aromatic N) is 1. The summed E-state index contributed by atoms with van der Waals surface area (Å²) < 4.78 is 11.6. The monoisotopic (exact) mass is 369 g/mol. The molecule has 0 saturated heterocycles. The lowest BCUT2D eigenvalue weighted by atomic mass is 10.0. The zero-order valence-electron chi connectivity index (χ0n) is 15.0. The van der Waals surface area contributed by atoms with E-state index in [0.29, 0.717) is 35.2 Å². The minimum atomic E-state index is -0.312.